The molecule has 0 aromatic heterocycles. The van der Waals surface area contributed by atoms with Crippen LogP contribution in [-0.4, -0.2) is 60.2 Å². The molecule has 0 saturated carbocycles. The fourth-order valence-electron chi connectivity index (χ4n) is 5.06. The molecule has 3 aliphatic rings. The number of likely N-dealkylation sites (tertiary alicyclic amines) is 1. The second-order valence-corrected chi connectivity index (χ2v) is 7.84. The van der Waals surface area contributed by atoms with Crippen LogP contribution in [0.2, 0.25) is 0 Å². The topological polar surface area (TPSA) is 59.1 Å². The van der Waals surface area contributed by atoms with Gasteiger partial charge in [-0.1, -0.05) is 30.3 Å². The SMILES string of the molecule is COc1ccccc1-c1cccc(C(=O)N2CC[C@@]34OCCCN3C(=O)C[C@@H]24)c1. The van der Waals surface area contributed by atoms with Crippen LogP contribution in [-0.2, 0) is 9.53 Å². The van der Waals surface area contributed by atoms with Crippen LogP contribution >= 0.6 is 0 Å². The van der Waals surface area contributed by atoms with E-state index in [0.717, 1.165) is 29.8 Å². The first kappa shape index (κ1) is 18.2. The zero-order valence-corrected chi connectivity index (χ0v) is 16.5. The Labute approximate surface area is 170 Å². The Bertz CT molecular complexity index is 975. The summed E-state index contributed by atoms with van der Waals surface area (Å²) in [6, 6.07) is 15.2. The fraction of sp³-hybridized carbons (Fsp3) is 0.391. The highest BCUT2D eigenvalue weighted by molar-refractivity contribution is 5.97. The molecular weight excluding hydrogens is 368 g/mol. The molecule has 3 aliphatic heterocycles. The van der Waals surface area contributed by atoms with Crippen molar-refractivity contribution in [3.8, 4) is 16.9 Å². The molecule has 0 N–H and O–H groups in total. The predicted molar refractivity (Wildman–Crippen MR) is 108 cm³/mol. The normalized spacial score (nSPS) is 25.7. The zero-order chi connectivity index (χ0) is 20.0. The van der Waals surface area contributed by atoms with Crippen LogP contribution in [0.25, 0.3) is 11.1 Å². The minimum absolute atomic E-state index is 0.0487. The molecule has 5 rings (SSSR count). The van der Waals surface area contributed by atoms with Crippen LogP contribution < -0.4 is 4.74 Å². The van der Waals surface area contributed by atoms with Crippen LogP contribution in [0.1, 0.15) is 29.6 Å². The van der Waals surface area contributed by atoms with Crippen LogP contribution in [0.15, 0.2) is 48.5 Å². The molecule has 3 heterocycles. The lowest BCUT2D eigenvalue weighted by atomic mass is 10.0. The number of methoxy groups -OCH3 is 1. The Morgan fingerprint density at radius 1 is 1.17 bits per heavy atom. The van der Waals surface area contributed by atoms with Gasteiger partial charge in [-0.15, -0.1) is 0 Å². The van der Waals surface area contributed by atoms with Gasteiger partial charge in [-0.25, -0.2) is 0 Å². The number of benzene rings is 2. The van der Waals surface area contributed by atoms with E-state index in [9.17, 15) is 9.59 Å². The van der Waals surface area contributed by atoms with E-state index in [1.54, 1.807) is 7.11 Å². The van der Waals surface area contributed by atoms with Gasteiger partial charge < -0.3 is 19.3 Å². The van der Waals surface area contributed by atoms with Crippen molar-refractivity contribution in [1.29, 1.82) is 0 Å². The third-order valence-electron chi connectivity index (χ3n) is 6.40. The molecule has 2 aromatic rings. The minimum Gasteiger partial charge on any atom is -0.496 e. The standard InChI is InChI=1S/C23H24N2O4/c1-28-19-9-3-2-8-18(19)16-6-4-7-17(14-16)22(27)24-12-10-23-20(24)15-21(26)25(23)11-5-13-29-23/h2-4,6-9,14,20H,5,10-13,15H2,1H3/t20-,23+/m1/s1. The first-order valence-electron chi connectivity index (χ1n) is 10.1. The molecule has 2 atom stereocenters. The molecule has 0 aliphatic carbocycles. The highest BCUT2D eigenvalue weighted by atomic mass is 16.5. The molecule has 150 valence electrons. The summed E-state index contributed by atoms with van der Waals surface area (Å²) < 4.78 is 11.6. The summed E-state index contributed by atoms with van der Waals surface area (Å²) >= 11 is 0. The van der Waals surface area contributed by atoms with Crippen molar-refractivity contribution in [2.24, 2.45) is 0 Å². The molecule has 2 amide bonds. The van der Waals surface area contributed by atoms with Crippen LogP contribution in [0.5, 0.6) is 5.75 Å². The Kier molecular flexibility index (Phi) is 4.32. The first-order valence-corrected chi connectivity index (χ1v) is 10.1. The average molecular weight is 392 g/mol. The number of carbonyl (C=O) groups excluding carboxylic acids is 2. The van der Waals surface area contributed by atoms with E-state index in [1.165, 1.54) is 0 Å². The predicted octanol–water partition coefficient (Wildman–Crippen LogP) is 2.93. The maximum Gasteiger partial charge on any atom is 0.254 e. The van der Waals surface area contributed by atoms with Crippen molar-refractivity contribution in [2.45, 2.75) is 31.0 Å². The van der Waals surface area contributed by atoms with E-state index in [2.05, 4.69) is 0 Å². The Balaban J connectivity index is 1.46. The molecule has 6 heteroatoms. The number of ether oxygens (including phenoxy) is 2. The van der Waals surface area contributed by atoms with Gasteiger partial charge in [0.1, 0.15) is 5.75 Å². The molecule has 1 spiro atoms. The van der Waals surface area contributed by atoms with E-state index < -0.39 is 5.72 Å². The maximum atomic E-state index is 13.4. The fourth-order valence-corrected chi connectivity index (χ4v) is 5.06. The number of carbonyl (C=O) groups is 2. The van der Waals surface area contributed by atoms with E-state index >= 15 is 0 Å². The Morgan fingerprint density at radius 3 is 2.90 bits per heavy atom. The van der Waals surface area contributed by atoms with Crippen LogP contribution in [0, 0.1) is 0 Å². The summed E-state index contributed by atoms with van der Waals surface area (Å²) in [4.78, 5) is 29.6. The van der Waals surface area contributed by atoms with Gasteiger partial charge in [-0.3, -0.25) is 9.59 Å². The van der Waals surface area contributed by atoms with Crippen molar-refractivity contribution < 1.29 is 19.1 Å². The third-order valence-corrected chi connectivity index (χ3v) is 6.40. The number of hydrogen-bond donors (Lipinski definition) is 0. The third kappa shape index (κ3) is 2.74. The summed E-state index contributed by atoms with van der Waals surface area (Å²) in [6.07, 6.45) is 1.88. The van der Waals surface area contributed by atoms with Gasteiger partial charge in [-0.05, 0) is 30.2 Å². The second kappa shape index (κ2) is 6.88. The Hall–Kier alpha value is -2.86. The summed E-state index contributed by atoms with van der Waals surface area (Å²) in [5, 5.41) is 0. The van der Waals surface area contributed by atoms with Gasteiger partial charge in [-0.2, -0.15) is 0 Å². The lowest BCUT2D eigenvalue weighted by Gasteiger charge is -2.42. The molecule has 6 nitrogen and oxygen atoms in total. The maximum absolute atomic E-state index is 13.4. The van der Waals surface area contributed by atoms with E-state index in [0.29, 0.717) is 31.6 Å². The Morgan fingerprint density at radius 2 is 2.03 bits per heavy atom. The van der Waals surface area contributed by atoms with Gasteiger partial charge in [0.05, 0.1) is 26.2 Å². The molecule has 3 fully saturated rings. The highest BCUT2D eigenvalue weighted by Gasteiger charge is 2.61. The minimum atomic E-state index is -0.620. The largest absolute Gasteiger partial charge is 0.496 e. The molecule has 0 bridgehead atoms. The van der Waals surface area contributed by atoms with Crippen LogP contribution in [0.3, 0.4) is 0 Å². The molecule has 0 unspecified atom stereocenters. The number of para-hydroxylation sites is 1. The van der Waals surface area contributed by atoms with Crippen molar-refractivity contribution in [1.82, 2.24) is 9.80 Å². The lowest BCUT2D eigenvalue weighted by Crippen LogP contribution is -2.56. The van der Waals surface area contributed by atoms with Gasteiger partial charge in [0, 0.05) is 30.6 Å². The molecule has 3 saturated heterocycles. The van der Waals surface area contributed by atoms with E-state index in [4.69, 9.17) is 9.47 Å². The van der Waals surface area contributed by atoms with E-state index in [1.807, 2.05) is 58.3 Å². The molecular formula is C23H24N2O4. The number of amides is 2. The summed E-state index contributed by atoms with van der Waals surface area (Å²) in [7, 11) is 1.64. The summed E-state index contributed by atoms with van der Waals surface area (Å²) in [5.41, 5.74) is 1.87. The van der Waals surface area contributed by atoms with Crippen molar-refractivity contribution in [3.63, 3.8) is 0 Å². The van der Waals surface area contributed by atoms with Gasteiger partial charge >= 0.3 is 0 Å². The summed E-state index contributed by atoms with van der Waals surface area (Å²) in [6.45, 7) is 1.97. The number of nitrogens with zero attached hydrogens (tertiary/aromatic N) is 2. The van der Waals surface area contributed by atoms with Gasteiger partial charge in [0.15, 0.2) is 5.72 Å². The quantitative estimate of drug-likeness (QED) is 0.806. The van der Waals surface area contributed by atoms with E-state index in [-0.39, 0.29) is 17.9 Å². The lowest BCUT2D eigenvalue weighted by molar-refractivity contribution is -0.179. The highest BCUT2D eigenvalue weighted by Crippen LogP contribution is 2.45. The smallest absolute Gasteiger partial charge is 0.254 e. The van der Waals surface area contributed by atoms with Crippen molar-refractivity contribution in [2.75, 3.05) is 26.8 Å². The van der Waals surface area contributed by atoms with Crippen LogP contribution in [0.4, 0.5) is 0 Å². The molecule has 2 aromatic carbocycles. The summed E-state index contributed by atoms with van der Waals surface area (Å²) in [5.74, 6) is 0.812. The van der Waals surface area contributed by atoms with Crippen molar-refractivity contribution >= 4 is 11.8 Å². The van der Waals surface area contributed by atoms with Gasteiger partial charge in [0.2, 0.25) is 5.91 Å². The monoisotopic (exact) mass is 392 g/mol. The average Bonchev–Trinajstić information content (AvgIpc) is 3.25. The second-order valence-electron chi connectivity index (χ2n) is 7.84. The zero-order valence-electron chi connectivity index (χ0n) is 16.5. The molecule has 29 heavy (non-hydrogen) atoms. The van der Waals surface area contributed by atoms with Gasteiger partial charge in [0.25, 0.3) is 5.91 Å². The number of hydrogen-bond acceptors (Lipinski definition) is 4. The first-order chi connectivity index (χ1) is 14.1. The van der Waals surface area contributed by atoms with Crippen molar-refractivity contribution in [3.05, 3.63) is 54.1 Å². The molecule has 0 radical (unpaired) electrons. The number of rotatable bonds is 3.